The van der Waals surface area contributed by atoms with Gasteiger partial charge < -0.3 is 9.64 Å². The zero-order chi connectivity index (χ0) is 16.3. The summed E-state index contributed by atoms with van der Waals surface area (Å²) in [6.07, 6.45) is 6.02. The quantitative estimate of drug-likeness (QED) is 0.744. The van der Waals surface area contributed by atoms with Gasteiger partial charge in [0.25, 0.3) is 0 Å². The number of rotatable bonds is 4. The molecule has 0 atom stereocenters. The van der Waals surface area contributed by atoms with Crippen LogP contribution >= 0.6 is 15.9 Å². The SMILES string of the molecule is C/C=C/C=C(/C)N(C)c1nc(C)c2cc(Br)cc(OC)c2n1. The topological polar surface area (TPSA) is 38.2 Å². The lowest BCUT2D eigenvalue weighted by atomic mass is 10.2. The first kappa shape index (κ1) is 16.5. The van der Waals surface area contributed by atoms with E-state index in [2.05, 4.69) is 25.9 Å². The Balaban J connectivity index is 2.60. The molecule has 22 heavy (non-hydrogen) atoms. The fraction of sp³-hybridized carbons (Fsp3) is 0.294. The summed E-state index contributed by atoms with van der Waals surface area (Å²) in [6.45, 7) is 6.00. The molecule has 0 N–H and O–H groups in total. The molecule has 0 unspecified atom stereocenters. The summed E-state index contributed by atoms with van der Waals surface area (Å²) in [5.74, 6) is 1.39. The zero-order valence-corrected chi connectivity index (χ0v) is 15.1. The van der Waals surface area contributed by atoms with Gasteiger partial charge in [-0.1, -0.05) is 28.1 Å². The Hall–Kier alpha value is -1.88. The number of benzene rings is 1. The van der Waals surface area contributed by atoms with Gasteiger partial charge in [0.15, 0.2) is 0 Å². The molecule has 1 heterocycles. The number of methoxy groups -OCH3 is 1. The molecule has 0 saturated carbocycles. The molecule has 0 aliphatic carbocycles. The predicted octanol–water partition coefficient (Wildman–Crippen LogP) is 4.63. The third-order valence-corrected chi connectivity index (χ3v) is 3.95. The summed E-state index contributed by atoms with van der Waals surface area (Å²) in [6, 6.07) is 3.93. The maximum atomic E-state index is 5.46. The Morgan fingerprint density at radius 2 is 2.05 bits per heavy atom. The average molecular weight is 362 g/mol. The lowest BCUT2D eigenvalue weighted by Crippen LogP contribution is -2.17. The van der Waals surface area contributed by atoms with E-state index in [1.807, 2.05) is 63.1 Å². The Labute approximate surface area is 139 Å². The van der Waals surface area contributed by atoms with Crippen LogP contribution in [0.15, 0.2) is 40.5 Å². The van der Waals surface area contributed by atoms with Gasteiger partial charge in [0.05, 0.1) is 12.8 Å². The second-order valence-electron chi connectivity index (χ2n) is 5.01. The molecular formula is C17H20BrN3O. The van der Waals surface area contributed by atoms with Crippen molar-refractivity contribution in [3.8, 4) is 5.75 Å². The van der Waals surface area contributed by atoms with Crippen LogP contribution in [0.5, 0.6) is 5.75 Å². The zero-order valence-electron chi connectivity index (χ0n) is 13.5. The van der Waals surface area contributed by atoms with Crippen molar-refractivity contribution in [3.63, 3.8) is 0 Å². The van der Waals surface area contributed by atoms with Crippen LogP contribution in [0, 0.1) is 6.92 Å². The van der Waals surface area contributed by atoms with E-state index in [1.54, 1.807) is 7.11 Å². The van der Waals surface area contributed by atoms with E-state index >= 15 is 0 Å². The van der Waals surface area contributed by atoms with Crippen molar-refractivity contribution in [2.45, 2.75) is 20.8 Å². The number of anilines is 1. The maximum absolute atomic E-state index is 5.46. The summed E-state index contributed by atoms with van der Waals surface area (Å²) < 4.78 is 6.41. The van der Waals surface area contributed by atoms with Crippen molar-refractivity contribution in [1.29, 1.82) is 0 Å². The second-order valence-corrected chi connectivity index (χ2v) is 5.92. The van der Waals surface area contributed by atoms with Crippen molar-refractivity contribution in [3.05, 3.63) is 46.2 Å². The maximum Gasteiger partial charge on any atom is 0.230 e. The second kappa shape index (κ2) is 6.92. The van der Waals surface area contributed by atoms with Crippen molar-refractivity contribution >= 4 is 32.8 Å². The minimum Gasteiger partial charge on any atom is -0.494 e. The highest BCUT2D eigenvalue weighted by Gasteiger charge is 2.13. The van der Waals surface area contributed by atoms with Crippen molar-refractivity contribution in [2.24, 2.45) is 0 Å². The molecule has 0 fully saturated rings. The van der Waals surface area contributed by atoms with Gasteiger partial charge >= 0.3 is 0 Å². The first-order chi connectivity index (χ1) is 10.5. The number of nitrogens with zero attached hydrogens (tertiary/aromatic N) is 3. The molecular weight excluding hydrogens is 342 g/mol. The highest BCUT2D eigenvalue weighted by atomic mass is 79.9. The molecule has 5 heteroatoms. The molecule has 0 radical (unpaired) electrons. The minimum atomic E-state index is 0.656. The number of fused-ring (bicyclic) bond motifs is 1. The molecule has 0 saturated heterocycles. The van der Waals surface area contributed by atoms with E-state index in [0.29, 0.717) is 5.95 Å². The number of halogens is 1. The van der Waals surface area contributed by atoms with Gasteiger partial charge in [-0.2, -0.15) is 0 Å². The summed E-state index contributed by atoms with van der Waals surface area (Å²) in [5, 5.41) is 0.985. The minimum absolute atomic E-state index is 0.656. The number of aromatic nitrogens is 2. The molecule has 116 valence electrons. The van der Waals surface area contributed by atoms with Crippen LogP contribution < -0.4 is 9.64 Å². The van der Waals surface area contributed by atoms with Crippen molar-refractivity contribution in [1.82, 2.24) is 9.97 Å². The molecule has 4 nitrogen and oxygen atoms in total. The third-order valence-electron chi connectivity index (χ3n) is 3.49. The van der Waals surface area contributed by atoms with Crippen LogP contribution in [-0.2, 0) is 0 Å². The normalized spacial score (nSPS) is 12.2. The number of hydrogen-bond acceptors (Lipinski definition) is 4. The largest absolute Gasteiger partial charge is 0.494 e. The number of hydrogen-bond donors (Lipinski definition) is 0. The molecule has 0 bridgehead atoms. The smallest absolute Gasteiger partial charge is 0.230 e. The number of aryl methyl sites for hydroxylation is 1. The highest BCUT2D eigenvalue weighted by Crippen LogP contribution is 2.31. The summed E-state index contributed by atoms with van der Waals surface area (Å²) in [5.41, 5.74) is 2.80. The van der Waals surface area contributed by atoms with Gasteiger partial charge in [-0.05, 0) is 39.0 Å². The van der Waals surface area contributed by atoms with Crippen molar-refractivity contribution < 1.29 is 4.74 Å². The third kappa shape index (κ3) is 3.30. The first-order valence-corrected chi connectivity index (χ1v) is 7.82. The van der Waals surface area contributed by atoms with Gasteiger partial charge in [0, 0.05) is 22.6 Å². The molecule has 2 aromatic rings. The molecule has 1 aromatic carbocycles. The predicted molar refractivity (Wildman–Crippen MR) is 95.5 cm³/mol. The number of ether oxygens (including phenoxy) is 1. The van der Waals surface area contributed by atoms with Gasteiger partial charge in [0.2, 0.25) is 5.95 Å². The van der Waals surface area contributed by atoms with Crippen molar-refractivity contribution in [2.75, 3.05) is 19.1 Å². The van der Waals surface area contributed by atoms with Gasteiger partial charge in [-0.25, -0.2) is 9.97 Å². The van der Waals surface area contributed by atoms with E-state index < -0.39 is 0 Å². The van der Waals surface area contributed by atoms with E-state index in [0.717, 1.165) is 32.5 Å². The van der Waals surface area contributed by atoms with E-state index in [4.69, 9.17) is 4.74 Å². The molecule has 0 aliphatic heterocycles. The molecule has 2 rings (SSSR count). The van der Waals surface area contributed by atoms with Crippen LogP contribution in [0.3, 0.4) is 0 Å². The number of allylic oxidation sites excluding steroid dienone is 4. The summed E-state index contributed by atoms with van der Waals surface area (Å²) >= 11 is 3.49. The Morgan fingerprint density at radius 1 is 1.32 bits per heavy atom. The Bertz CT molecular complexity index is 753. The van der Waals surface area contributed by atoms with E-state index in [9.17, 15) is 0 Å². The van der Waals surface area contributed by atoms with Gasteiger partial charge in [-0.15, -0.1) is 0 Å². The van der Waals surface area contributed by atoms with Crippen LogP contribution in [0.25, 0.3) is 10.9 Å². The van der Waals surface area contributed by atoms with Gasteiger partial charge in [-0.3, -0.25) is 0 Å². The van der Waals surface area contributed by atoms with Gasteiger partial charge in [0.1, 0.15) is 11.3 Å². The lowest BCUT2D eigenvalue weighted by Gasteiger charge is -2.19. The lowest BCUT2D eigenvalue weighted by molar-refractivity contribution is 0.418. The molecule has 0 aliphatic rings. The van der Waals surface area contributed by atoms with Crippen LogP contribution in [0.1, 0.15) is 19.5 Å². The highest BCUT2D eigenvalue weighted by molar-refractivity contribution is 9.10. The van der Waals surface area contributed by atoms with Crippen LogP contribution in [0.2, 0.25) is 0 Å². The Kier molecular flexibility index (Phi) is 5.19. The molecule has 0 spiro atoms. The van der Waals surface area contributed by atoms with E-state index in [1.165, 1.54) is 0 Å². The standard InChI is InChI=1S/C17H20BrN3O/c1-6-7-8-11(2)21(4)17-19-12(3)14-9-13(18)10-15(22-5)16(14)20-17/h6-10H,1-5H3/b7-6+,11-8-. The first-order valence-electron chi connectivity index (χ1n) is 7.03. The van der Waals surface area contributed by atoms with E-state index in [-0.39, 0.29) is 0 Å². The Morgan fingerprint density at radius 3 is 2.68 bits per heavy atom. The molecule has 0 amide bonds. The average Bonchev–Trinajstić information content (AvgIpc) is 2.51. The monoisotopic (exact) mass is 361 g/mol. The summed E-state index contributed by atoms with van der Waals surface area (Å²) in [7, 11) is 3.61. The molecule has 1 aromatic heterocycles. The summed E-state index contributed by atoms with van der Waals surface area (Å²) in [4.78, 5) is 11.3. The fourth-order valence-corrected chi connectivity index (χ4v) is 2.55. The van der Waals surface area contributed by atoms with Crippen LogP contribution in [0.4, 0.5) is 5.95 Å². The fourth-order valence-electron chi connectivity index (χ4n) is 2.11. The van der Waals surface area contributed by atoms with Crippen LogP contribution in [-0.4, -0.2) is 24.1 Å².